The van der Waals surface area contributed by atoms with Crippen molar-refractivity contribution in [3.8, 4) is 5.75 Å². The highest BCUT2D eigenvalue weighted by molar-refractivity contribution is 5.94. The summed E-state index contributed by atoms with van der Waals surface area (Å²) in [7, 11) is 0. The Morgan fingerprint density at radius 1 is 1.17 bits per heavy atom. The van der Waals surface area contributed by atoms with E-state index < -0.39 is 0 Å². The largest absolute Gasteiger partial charge is 0.484 e. The molecule has 1 atom stereocenters. The first-order valence-corrected chi connectivity index (χ1v) is 8.24. The first-order valence-electron chi connectivity index (χ1n) is 8.24. The minimum Gasteiger partial charge on any atom is -0.484 e. The van der Waals surface area contributed by atoms with Crippen molar-refractivity contribution in [2.45, 2.75) is 32.2 Å². The fraction of sp³-hybridized carbons (Fsp3) is 0.300. The second-order valence-electron chi connectivity index (χ2n) is 6.08. The molecule has 24 heavy (non-hydrogen) atoms. The Balaban J connectivity index is 1.59. The van der Waals surface area contributed by atoms with Crippen molar-refractivity contribution < 1.29 is 14.3 Å². The third kappa shape index (κ3) is 3.82. The van der Waals surface area contributed by atoms with Gasteiger partial charge in [0.15, 0.2) is 12.4 Å². The highest BCUT2D eigenvalue weighted by Gasteiger charge is 2.21. The van der Waals surface area contributed by atoms with E-state index in [1.807, 2.05) is 12.1 Å². The summed E-state index contributed by atoms with van der Waals surface area (Å²) in [4.78, 5) is 23.6. The smallest absolute Gasteiger partial charge is 0.258 e. The molecule has 1 N–H and O–H groups in total. The maximum Gasteiger partial charge on any atom is 0.258 e. The van der Waals surface area contributed by atoms with Crippen LogP contribution in [0.5, 0.6) is 5.75 Å². The van der Waals surface area contributed by atoms with Gasteiger partial charge < -0.3 is 10.1 Å². The molecule has 0 fully saturated rings. The van der Waals surface area contributed by atoms with E-state index >= 15 is 0 Å². The van der Waals surface area contributed by atoms with E-state index in [9.17, 15) is 9.59 Å². The molecule has 3 rings (SSSR count). The highest BCUT2D eigenvalue weighted by Crippen LogP contribution is 2.29. The van der Waals surface area contributed by atoms with Gasteiger partial charge in [0.25, 0.3) is 5.91 Å². The van der Waals surface area contributed by atoms with Gasteiger partial charge in [0.05, 0.1) is 6.04 Å². The monoisotopic (exact) mass is 323 g/mol. The van der Waals surface area contributed by atoms with Crippen molar-refractivity contribution in [2.75, 3.05) is 6.61 Å². The number of aryl methyl sites for hydroxylation is 1. The van der Waals surface area contributed by atoms with Crippen LogP contribution in [0.15, 0.2) is 48.5 Å². The predicted molar refractivity (Wildman–Crippen MR) is 92.2 cm³/mol. The van der Waals surface area contributed by atoms with Crippen LogP contribution >= 0.6 is 0 Å². The molecule has 0 spiro atoms. The van der Waals surface area contributed by atoms with Gasteiger partial charge in [-0.1, -0.05) is 36.4 Å². The molecule has 0 heterocycles. The molecular weight excluding hydrogens is 302 g/mol. The van der Waals surface area contributed by atoms with E-state index in [1.165, 1.54) is 18.1 Å². The Morgan fingerprint density at radius 2 is 2.00 bits per heavy atom. The van der Waals surface area contributed by atoms with Crippen molar-refractivity contribution in [3.63, 3.8) is 0 Å². The van der Waals surface area contributed by atoms with Crippen LogP contribution in [0.3, 0.4) is 0 Å². The van der Waals surface area contributed by atoms with Crippen LogP contribution < -0.4 is 10.1 Å². The third-order valence-corrected chi connectivity index (χ3v) is 4.32. The lowest BCUT2D eigenvalue weighted by atomic mass is 9.88. The number of carbonyl (C=O) groups is 2. The summed E-state index contributed by atoms with van der Waals surface area (Å²) in [5, 5.41) is 3.05. The van der Waals surface area contributed by atoms with E-state index in [0.717, 1.165) is 19.3 Å². The SMILES string of the molecule is CC(=O)c1cccc(OCC(=O)N[C@@H]2CCCc3ccccc32)c1. The molecule has 0 saturated heterocycles. The number of ether oxygens (including phenoxy) is 1. The minimum absolute atomic E-state index is 0.0243. The van der Waals surface area contributed by atoms with Crippen LogP contribution in [-0.4, -0.2) is 18.3 Å². The Bertz CT molecular complexity index is 754. The molecule has 4 nitrogen and oxygen atoms in total. The van der Waals surface area contributed by atoms with Crippen LogP contribution in [0.2, 0.25) is 0 Å². The standard InChI is InChI=1S/C20H21NO3/c1-14(22)16-8-4-9-17(12-16)24-13-20(23)21-19-11-5-7-15-6-2-3-10-18(15)19/h2-4,6,8-10,12,19H,5,7,11,13H2,1H3,(H,21,23)/t19-/m1/s1. The molecule has 0 saturated carbocycles. The number of Topliss-reactive ketones (excluding diaryl/α,β-unsaturated/α-hetero) is 1. The Morgan fingerprint density at radius 3 is 2.83 bits per heavy atom. The van der Waals surface area contributed by atoms with E-state index in [-0.39, 0.29) is 24.3 Å². The molecule has 0 aromatic heterocycles. The molecule has 4 heteroatoms. The van der Waals surface area contributed by atoms with Crippen molar-refractivity contribution in [3.05, 3.63) is 65.2 Å². The molecule has 0 radical (unpaired) electrons. The maximum atomic E-state index is 12.2. The average Bonchev–Trinajstić information content (AvgIpc) is 2.60. The van der Waals surface area contributed by atoms with E-state index in [1.54, 1.807) is 24.3 Å². The average molecular weight is 323 g/mol. The summed E-state index contributed by atoms with van der Waals surface area (Å²) in [6, 6.07) is 15.2. The molecule has 0 bridgehead atoms. The van der Waals surface area contributed by atoms with Crippen molar-refractivity contribution in [1.29, 1.82) is 0 Å². The van der Waals surface area contributed by atoms with Crippen LogP contribution in [0.25, 0.3) is 0 Å². The van der Waals surface area contributed by atoms with Crippen LogP contribution in [0.4, 0.5) is 0 Å². The fourth-order valence-electron chi connectivity index (χ4n) is 3.09. The summed E-state index contributed by atoms with van der Waals surface area (Å²) < 4.78 is 5.52. The zero-order valence-electron chi connectivity index (χ0n) is 13.7. The molecule has 1 amide bonds. The fourth-order valence-corrected chi connectivity index (χ4v) is 3.09. The van der Waals surface area contributed by atoms with Gasteiger partial charge in [-0.3, -0.25) is 9.59 Å². The summed E-state index contributed by atoms with van der Waals surface area (Å²) in [5.74, 6) is 0.357. The lowest BCUT2D eigenvalue weighted by Gasteiger charge is -2.26. The molecular formula is C20H21NO3. The quantitative estimate of drug-likeness (QED) is 0.857. The lowest BCUT2D eigenvalue weighted by Crippen LogP contribution is -2.34. The Kier molecular flexibility index (Phi) is 4.94. The zero-order valence-corrected chi connectivity index (χ0v) is 13.7. The second-order valence-corrected chi connectivity index (χ2v) is 6.08. The topological polar surface area (TPSA) is 55.4 Å². The van der Waals surface area contributed by atoms with Gasteiger partial charge in [-0.15, -0.1) is 0 Å². The van der Waals surface area contributed by atoms with Gasteiger partial charge in [0.1, 0.15) is 5.75 Å². The number of benzene rings is 2. The summed E-state index contributed by atoms with van der Waals surface area (Å²) in [6.07, 6.45) is 3.09. The van der Waals surface area contributed by atoms with Gasteiger partial charge in [0.2, 0.25) is 0 Å². The number of ketones is 1. The summed E-state index contributed by atoms with van der Waals surface area (Å²) >= 11 is 0. The van der Waals surface area contributed by atoms with Gasteiger partial charge in [0, 0.05) is 5.56 Å². The molecule has 1 aliphatic rings. The normalized spacial score (nSPS) is 16.1. The zero-order chi connectivity index (χ0) is 16.9. The van der Waals surface area contributed by atoms with Gasteiger partial charge >= 0.3 is 0 Å². The minimum atomic E-state index is -0.148. The van der Waals surface area contributed by atoms with Crippen molar-refractivity contribution in [1.82, 2.24) is 5.32 Å². The number of fused-ring (bicyclic) bond motifs is 1. The first-order chi connectivity index (χ1) is 11.6. The Hall–Kier alpha value is -2.62. The number of carbonyl (C=O) groups excluding carboxylic acids is 2. The summed E-state index contributed by atoms with van der Waals surface area (Å²) in [5.41, 5.74) is 3.09. The van der Waals surface area contributed by atoms with Crippen LogP contribution in [0.1, 0.15) is 47.3 Å². The van der Waals surface area contributed by atoms with Gasteiger partial charge in [-0.25, -0.2) is 0 Å². The molecule has 124 valence electrons. The lowest BCUT2D eigenvalue weighted by molar-refractivity contribution is -0.123. The number of nitrogens with one attached hydrogen (secondary N) is 1. The Labute approximate surface area is 141 Å². The molecule has 1 aliphatic carbocycles. The number of hydrogen-bond donors (Lipinski definition) is 1. The molecule has 0 aliphatic heterocycles. The number of amides is 1. The van der Waals surface area contributed by atoms with Gasteiger partial charge in [-0.2, -0.15) is 0 Å². The number of rotatable bonds is 5. The maximum absolute atomic E-state index is 12.2. The number of hydrogen-bond acceptors (Lipinski definition) is 3. The van der Waals surface area contributed by atoms with Crippen LogP contribution in [0, 0.1) is 0 Å². The predicted octanol–water partition coefficient (Wildman–Crippen LogP) is 3.46. The molecule has 2 aromatic carbocycles. The first kappa shape index (κ1) is 16.2. The second kappa shape index (κ2) is 7.30. The van der Waals surface area contributed by atoms with Crippen molar-refractivity contribution in [2.24, 2.45) is 0 Å². The van der Waals surface area contributed by atoms with E-state index in [2.05, 4.69) is 17.4 Å². The van der Waals surface area contributed by atoms with Crippen LogP contribution in [-0.2, 0) is 11.2 Å². The third-order valence-electron chi connectivity index (χ3n) is 4.32. The van der Waals surface area contributed by atoms with Gasteiger partial charge in [-0.05, 0) is 49.4 Å². The van der Waals surface area contributed by atoms with E-state index in [0.29, 0.717) is 11.3 Å². The van der Waals surface area contributed by atoms with Crippen molar-refractivity contribution >= 4 is 11.7 Å². The van der Waals surface area contributed by atoms with E-state index in [4.69, 9.17) is 4.74 Å². The molecule has 0 unspecified atom stereocenters. The molecule has 2 aromatic rings. The summed E-state index contributed by atoms with van der Waals surface area (Å²) in [6.45, 7) is 1.45. The highest BCUT2D eigenvalue weighted by atomic mass is 16.5.